The maximum Gasteiger partial charge on any atom is 0.0991 e. The van der Waals surface area contributed by atoms with Gasteiger partial charge in [-0.3, -0.25) is 0 Å². The Balaban J connectivity index is 1.77. The molecule has 0 spiro atoms. The average Bonchev–Trinajstić information content (AvgIpc) is 2.61. The standard InChI is InChI=1S/C22H25N/c1-3-16(2)12-18-6-9-22-14-21(11-10-20(22)13-18)19-7-4-17(15-23)5-8-19/h4-5,7-8,10-11,14,16,18H,3,6,9,12-13H2,1-2H3. The van der Waals surface area contributed by atoms with Gasteiger partial charge in [-0.05, 0) is 71.9 Å². The summed E-state index contributed by atoms with van der Waals surface area (Å²) in [6.45, 7) is 4.68. The van der Waals surface area contributed by atoms with E-state index >= 15 is 0 Å². The van der Waals surface area contributed by atoms with Crippen molar-refractivity contribution in [1.82, 2.24) is 0 Å². The fourth-order valence-corrected chi connectivity index (χ4v) is 3.68. The Bertz CT molecular complexity index is 706. The summed E-state index contributed by atoms with van der Waals surface area (Å²) < 4.78 is 0. The molecule has 2 unspecified atom stereocenters. The number of rotatable bonds is 4. The largest absolute Gasteiger partial charge is 0.192 e. The molecule has 23 heavy (non-hydrogen) atoms. The van der Waals surface area contributed by atoms with Crippen molar-refractivity contribution in [3.63, 3.8) is 0 Å². The van der Waals surface area contributed by atoms with Crippen molar-refractivity contribution in [3.05, 3.63) is 59.2 Å². The van der Waals surface area contributed by atoms with Gasteiger partial charge in [-0.15, -0.1) is 0 Å². The molecule has 0 aliphatic heterocycles. The first-order valence-electron chi connectivity index (χ1n) is 8.82. The van der Waals surface area contributed by atoms with E-state index in [2.05, 4.69) is 50.2 Å². The number of hydrogen-bond donors (Lipinski definition) is 0. The molecular formula is C22H25N. The minimum absolute atomic E-state index is 0.722. The summed E-state index contributed by atoms with van der Waals surface area (Å²) in [5.74, 6) is 1.71. The Morgan fingerprint density at radius 2 is 1.83 bits per heavy atom. The highest BCUT2D eigenvalue weighted by Gasteiger charge is 2.20. The van der Waals surface area contributed by atoms with Crippen molar-refractivity contribution in [1.29, 1.82) is 5.26 Å². The van der Waals surface area contributed by atoms with Gasteiger partial charge in [0, 0.05) is 0 Å². The van der Waals surface area contributed by atoms with Gasteiger partial charge < -0.3 is 0 Å². The molecule has 0 saturated carbocycles. The van der Waals surface area contributed by atoms with Gasteiger partial charge in [0.25, 0.3) is 0 Å². The number of nitrogens with zero attached hydrogens (tertiary/aromatic N) is 1. The molecule has 0 saturated heterocycles. The van der Waals surface area contributed by atoms with Gasteiger partial charge in [-0.2, -0.15) is 5.26 Å². The number of fused-ring (bicyclic) bond motifs is 1. The summed E-state index contributed by atoms with van der Waals surface area (Å²) in [6, 6.07) is 17.0. The third kappa shape index (κ3) is 3.64. The molecular weight excluding hydrogens is 278 g/mol. The number of hydrogen-bond acceptors (Lipinski definition) is 1. The molecule has 2 atom stereocenters. The van der Waals surface area contributed by atoms with Crippen molar-refractivity contribution < 1.29 is 0 Å². The molecule has 1 nitrogen and oxygen atoms in total. The summed E-state index contributed by atoms with van der Waals surface area (Å²) in [6.07, 6.45) is 6.44. The van der Waals surface area contributed by atoms with Crippen molar-refractivity contribution in [3.8, 4) is 17.2 Å². The van der Waals surface area contributed by atoms with Crippen LogP contribution < -0.4 is 0 Å². The van der Waals surface area contributed by atoms with E-state index in [1.807, 2.05) is 12.1 Å². The van der Waals surface area contributed by atoms with Crippen LogP contribution in [0.15, 0.2) is 42.5 Å². The smallest absolute Gasteiger partial charge is 0.0991 e. The molecule has 1 aliphatic carbocycles. The van der Waals surface area contributed by atoms with E-state index in [-0.39, 0.29) is 0 Å². The summed E-state index contributed by atoms with van der Waals surface area (Å²) in [5.41, 5.74) is 6.26. The second-order valence-corrected chi connectivity index (χ2v) is 7.03. The normalized spacial score (nSPS) is 18.0. The van der Waals surface area contributed by atoms with Crippen molar-refractivity contribution in [2.75, 3.05) is 0 Å². The molecule has 0 radical (unpaired) electrons. The Morgan fingerprint density at radius 1 is 1.09 bits per heavy atom. The van der Waals surface area contributed by atoms with Gasteiger partial charge in [0.1, 0.15) is 0 Å². The Labute approximate surface area is 140 Å². The van der Waals surface area contributed by atoms with E-state index in [0.717, 1.165) is 17.4 Å². The lowest BCUT2D eigenvalue weighted by molar-refractivity contribution is 0.349. The molecule has 0 heterocycles. The first-order chi connectivity index (χ1) is 11.2. The Kier molecular flexibility index (Phi) is 4.82. The zero-order chi connectivity index (χ0) is 16.2. The van der Waals surface area contributed by atoms with Crippen LogP contribution >= 0.6 is 0 Å². The topological polar surface area (TPSA) is 23.8 Å². The monoisotopic (exact) mass is 303 g/mol. The van der Waals surface area contributed by atoms with Crippen LogP contribution in [0.25, 0.3) is 11.1 Å². The first kappa shape index (κ1) is 15.8. The maximum absolute atomic E-state index is 8.91. The number of aryl methyl sites for hydroxylation is 1. The fraction of sp³-hybridized carbons (Fsp3) is 0.409. The predicted molar refractivity (Wildman–Crippen MR) is 96.2 cm³/mol. The van der Waals surface area contributed by atoms with E-state index in [1.54, 1.807) is 5.56 Å². The molecule has 0 bridgehead atoms. The summed E-state index contributed by atoms with van der Waals surface area (Å²) in [4.78, 5) is 0. The Morgan fingerprint density at radius 3 is 2.52 bits per heavy atom. The lowest BCUT2D eigenvalue weighted by Gasteiger charge is -2.27. The number of benzene rings is 2. The van der Waals surface area contributed by atoms with Crippen LogP contribution in [-0.2, 0) is 12.8 Å². The third-order valence-electron chi connectivity index (χ3n) is 5.32. The fourth-order valence-electron chi connectivity index (χ4n) is 3.68. The molecule has 1 aliphatic rings. The van der Waals surface area contributed by atoms with Crippen LogP contribution in [0.4, 0.5) is 0 Å². The summed E-state index contributed by atoms with van der Waals surface area (Å²) >= 11 is 0. The van der Waals surface area contributed by atoms with Crippen LogP contribution in [0.3, 0.4) is 0 Å². The minimum atomic E-state index is 0.722. The van der Waals surface area contributed by atoms with Gasteiger partial charge in [0.05, 0.1) is 11.6 Å². The van der Waals surface area contributed by atoms with Gasteiger partial charge in [-0.1, -0.05) is 50.6 Å². The number of nitriles is 1. The highest BCUT2D eigenvalue weighted by Crippen LogP contribution is 2.33. The van der Waals surface area contributed by atoms with E-state index < -0.39 is 0 Å². The maximum atomic E-state index is 8.91. The second-order valence-electron chi connectivity index (χ2n) is 7.03. The average molecular weight is 303 g/mol. The van der Waals surface area contributed by atoms with Crippen LogP contribution in [0.5, 0.6) is 0 Å². The molecule has 3 rings (SSSR count). The van der Waals surface area contributed by atoms with Crippen molar-refractivity contribution >= 4 is 0 Å². The van der Waals surface area contributed by atoms with Gasteiger partial charge in [-0.25, -0.2) is 0 Å². The van der Waals surface area contributed by atoms with E-state index in [9.17, 15) is 0 Å². The molecule has 0 N–H and O–H groups in total. The molecule has 0 aromatic heterocycles. The first-order valence-corrected chi connectivity index (χ1v) is 8.82. The highest BCUT2D eigenvalue weighted by atomic mass is 14.3. The third-order valence-corrected chi connectivity index (χ3v) is 5.32. The van der Waals surface area contributed by atoms with Crippen molar-refractivity contribution in [2.24, 2.45) is 11.8 Å². The van der Waals surface area contributed by atoms with E-state index in [4.69, 9.17) is 5.26 Å². The lowest BCUT2D eigenvalue weighted by Crippen LogP contribution is -2.16. The highest BCUT2D eigenvalue weighted by molar-refractivity contribution is 5.66. The SMILES string of the molecule is CCC(C)CC1CCc2cc(-c3ccc(C#N)cc3)ccc2C1. The van der Waals surface area contributed by atoms with Crippen LogP contribution in [-0.4, -0.2) is 0 Å². The lowest BCUT2D eigenvalue weighted by atomic mass is 9.78. The molecule has 1 heteroatoms. The summed E-state index contributed by atoms with van der Waals surface area (Å²) in [7, 11) is 0. The van der Waals surface area contributed by atoms with Crippen LogP contribution in [0.2, 0.25) is 0 Å². The molecule has 2 aromatic carbocycles. The zero-order valence-electron chi connectivity index (χ0n) is 14.2. The minimum Gasteiger partial charge on any atom is -0.192 e. The molecule has 0 amide bonds. The van der Waals surface area contributed by atoms with E-state index in [1.165, 1.54) is 48.8 Å². The van der Waals surface area contributed by atoms with Crippen molar-refractivity contribution in [2.45, 2.75) is 46.0 Å². The molecule has 0 fully saturated rings. The quantitative estimate of drug-likeness (QED) is 0.703. The Hall–Kier alpha value is -2.07. The molecule has 2 aromatic rings. The predicted octanol–water partition coefficient (Wildman–Crippen LogP) is 5.77. The van der Waals surface area contributed by atoms with Gasteiger partial charge in [0.2, 0.25) is 0 Å². The molecule has 118 valence electrons. The summed E-state index contributed by atoms with van der Waals surface area (Å²) in [5, 5.41) is 8.91. The van der Waals surface area contributed by atoms with Gasteiger partial charge >= 0.3 is 0 Å². The van der Waals surface area contributed by atoms with Crippen LogP contribution in [0, 0.1) is 23.2 Å². The van der Waals surface area contributed by atoms with Crippen LogP contribution in [0.1, 0.15) is 49.8 Å². The second kappa shape index (κ2) is 7.01. The zero-order valence-corrected chi connectivity index (χ0v) is 14.2. The van der Waals surface area contributed by atoms with E-state index in [0.29, 0.717) is 0 Å². The van der Waals surface area contributed by atoms with Gasteiger partial charge in [0.15, 0.2) is 0 Å².